The predicted molar refractivity (Wildman–Crippen MR) is 69.1 cm³/mol. The molecular formula is C12H12S2. The smallest absolute Gasteiger partial charge is 0.0463 e. The molecule has 0 atom stereocenters. The SMILES string of the molecule is C=C(C)c1cc2sc(C(=C)C)cc2s1. The second-order valence-corrected chi connectivity index (χ2v) is 5.68. The van der Waals surface area contributed by atoms with Gasteiger partial charge >= 0.3 is 0 Å². The summed E-state index contributed by atoms with van der Waals surface area (Å²) in [5.41, 5.74) is 2.30. The number of fused-ring (bicyclic) bond motifs is 1. The van der Waals surface area contributed by atoms with Gasteiger partial charge in [-0.15, -0.1) is 22.7 Å². The summed E-state index contributed by atoms with van der Waals surface area (Å²) in [5.74, 6) is 0. The lowest BCUT2D eigenvalue weighted by Gasteiger charge is -1.91. The van der Waals surface area contributed by atoms with Crippen LogP contribution < -0.4 is 0 Å². The van der Waals surface area contributed by atoms with Crippen molar-refractivity contribution >= 4 is 43.2 Å². The molecule has 0 unspecified atom stereocenters. The molecule has 2 heterocycles. The first-order valence-corrected chi connectivity index (χ1v) is 6.06. The average Bonchev–Trinajstić information content (AvgIpc) is 2.57. The van der Waals surface area contributed by atoms with E-state index in [1.54, 1.807) is 0 Å². The molecule has 0 saturated heterocycles. The molecule has 0 fully saturated rings. The van der Waals surface area contributed by atoms with Gasteiger partial charge in [0.05, 0.1) is 0 Å². The van der Waals surface area contributed by atoms with Crippen LogP contribution in [0, 0.1) is 0 Å². The molecule has 2 heteroatoms. The van der Waals surface area contributed by atoms with Crippen LogP contribution in [-0.2, 0) is 0 Å². The van der Waals surface area contributed by atoms with Crippen molar-refractivity contribution in [2.24, 2.45) is 0 Å². The standard InChI is InChI=1S/C12H12S2/c1-7(2)9-5-11-12(13-9)6-10(14-11)8(3)4/h5-6H,1,3H2,2,4H3. The molecule has 0 N–H and O–H groups in total. The Morgan fingerprint density at radius 2 is 1.29 bits per heavy atom. The molecule has 0 saturated carbocycles. The van der Waals surface area contributed by atoms with Crippen LogP contribution in [0.15, 0.2) is 25.3 Å². The fraction of sp³-hybridized carbons (Fsp3) is 0.167. The normalized spacial score (nSPS) is 10.7. The summed E-state index contributed by atoms with van der Waals surface area (Å²) in [6.45, 7) is 12.0. The maximum Gasteiger partial charge on any atom is 0.0463 e. The lowest BCUT2D eigenvalue weighted by molar-refractivity contribution is 1.76. The topological polar surface area (TPSA) is 0 Å². The van der Waals surface area contributed by atoms with Gasteiger partial charge in [-0.05, 0) is 37.1 Å². The first-order chi connectivity index (χ1) is 6.58. The van der Waals surface area contributed by atoms with Gasteiger partial charge in [0.15, 0.2) is 0 Å². The second kappa shape index (κ2) is 3.37. The van der Waals surface area contributed by atoms with Crippen LogP contribution in [0.1, 0.15) is 23.6 Å². The van der Waals surface area contributed by atoms with Crippen LogP contribution in [0.3, 0.4) is 0 Å². The molecule has 0 aliphatic rings. The van der Waals surface area contributed by atoms with E-state index in [9.17, 15) is 0 Å². The van der Waals surface area contributed by atoms with E-state index in [0.29, 0.717) is 0 Å². The van der Waals surface area contributed by atoms with Crippen LogP contribution in [0.5, 0.6) is 0 Å². The van der Waals surface area contributed by atoms with Crippen molar-refractivity contribution < 1.29 is 0 Å². The fourth-order valence-electron chi connectivity index (χ4n) is 1.26. The molecule has 0 nitrogen and oxygen atoms in total. The molecule has 0 aromatic carbocycles. The van der Waals surface area contributed by atoms with Crippen LogP contribution in [0.4, 0.5) is 0 Å². The highest BCUT2D eigenvalue weighted by atomic mass is 32.1. The Balaban J connectivity index is 2.56. The van der Waals surface area contributed by atoms with Gasteiger partial charge in [0.1, 0.15) is 0 Å². The van der Waals surface area contributed by atoms with Crippen molar-refractivity contribution in [2.45, 2.75) is 13.8 Å². The van der Waals surface area contributed by atoms with Crippen molar-refractivity contribution in [1.29, 1.82) is 0 Å². The third kappa shape index (κ3) is 1.56. The van der Waals surface area contributed by atoms with Gasteiger partial charge < -0.3 is 0 Å². The summed E-state index contributed by atoms with van der Waals surface area (Å²) in [5, 5.41) is 0. The molecule has 0 aliphatic heterocycles. The quantitative estimate of drug-likeness (QED) is 0.666. The zero-order valence-electron chi connectivity index (χ0n) is 8.39. The first-order valence-electron chi connectivity index (χ1n) is 4.43. The molecule has 0 bridgehead atoms. The van der Waals surface area contributed by atoms with E-state index in [4.69, 9.17) is 0 Å². The lowest BCUT2D eigenvalue weighted by atomic mass is 10.3. The Labute approximate surface area is 92.2 Å². The van der Waals surface area contributed by atoms with E-state index < -0.39 is 0 Å². The summed E-state index contributed by atoms with van der Waals surface area (Å²) in [6.07, 6.45) is 0. The predicted octanol–water partition coefficient (Wildman–Crippen LogP) is 5.03. The van der Waals surface area contributed by atoms with Crippen LogP contribution in [-0.4, -0.2) is 0 Å². The van der Waals surface area contributed by atoms with Gasteiger partial charge in [-0.3, -0.25) is 0 Å². The number of thiophene rings is 2. The maximum atomic E-state index is 3.96. The van der Waals surface area contributed by atoms with Gasteiger partial charge in [0.2, 0.25) is 0 Å². The third-order valence-corrected chi connectivity index (χ3v) is 4.67. The molecule has 0 spiro atoms. The minimum Gasteiger partial charge on any atom is -0.135 e. The molecule has 2 aromatic heterocycles. The fourth-order valence-corrected chi connectivity index (χ4v) is 3.50. The number of allylic oxidation sites excluding steroid dienone is 2. The highest BCUT2D eigenvalue weighted by Crippen LogP contribution is 2.37. The Kier molecular flexibility index (Phi) is 2.33. The second-order valence-electron chi connectivity index (χ2n) is 3.51. The van der Waals surface area contributed by atoms with E-state index in [2.05, 4.69) is 39.1 Å². The summed E-state index contributed by atoms with van der Waals surface area (Å²) in [6, 6.07) is 4.44. The molecule has 2 aromatic rings. The Bertz CT molecular complexity index is 436. The van der Waals surface area contributed by atoms with Crippen molar-refractivity contribution in [3.05, 3.63) is 35.0 Å². The summed E-state index contributed by atoms with van der Waals surface area (Å²) in [4.78, 5) is 2.58. The minimum atomic E-state index is 1.15. The van der Waals surface area contributed by atoms with Gasteiger partial charge in [-0.25, -0.2) is 0 Å². The summed E-state index contributed by atoms with van der Waals surface area (Å²) < 4.78 is 2.71. The van der Waals surface area contributed by atoms with Crippen LogP contribution >= 0.6 is 22.7 Å². The average molecular weight is 220 g/mol. The van der Waals surface area contributed by atoms with Crippen molar-refractivity contribution in [1.82, 2.24) is 0 Å². The number of hydrogen-bond acceptors (Lipinski definition) is 2. The van der Waals surface area contributed by atoms with Crippen LogP contribution in [0.2, 0.25) is 0 Å². The zero-order chi connectivity index (χ0) is 10.3. The molecule has 0 aliphatic carbocycles. The Hall–Kier alpha value is -0.860. The minimum absolute atomic E-state index is 1.15. The molecule has 0 radical (unpaired) electrons. The Morgan fingerprint density at radius 3 is 1.57 bits per heavy atom. The van der Waals surface area contributed by atoms with Crippen LogP contribution in [0.25, 0.3) is 20.5 Å². The molecule has 14 heavy (non-hydrogen) atoms. The van der Waals surface area contributed by atoms with E-state index in [1.165, 1.54) is 19.2 Å². The van der Waals surface area contributed by atoms with Crippen molar-refractivity contribution in [2.75, 3.05) is 0 Å². The van der Waals surface area contributed by atoms with Crippen molar-refractivity contribution in [3.8, 4) is 0 Å². The number of rotatable bonds is 2. The summed E-state index contributed by atoms with van der Waals surface area (Å²) >= 11 is 3.63. The highest BCUT2D eigenvalue weighted by molar-refractivity contribution is 7.28. The van der Waals surface area contributed by atoms with Gasteiger partial charge in [0, 0.05) is 19.2 Å². The monoisotopic (exact) mass is 220 g/mol. The Morgan fingerprint density at radius 1 is 0.929 bits per heavy atom. The maximum absolute atomic E-state index is 3.96. The third-order valence-electron chi connectivity index (χ3n) is 2.05. The lowest BCUT2D eigenvalue weighted by Crippen LogP contribution is -1.65. The zero-order valence-corrected chi connectivity index (χ0v) is 10.0. The van der Waals surface area contributed by atoms with E-state index in [-0.39, 0.29) is 0 Å². The van der Waals surface area contributed by atoms with E-state index in [0.717, 1.165) is 11.1 Å². The molecular weight excluding hydrogens is 208 g/mol. The molecule has 72 valence electrons. The highest BCUT2D eigenvalue weighted by Gasteiger charge is 2.07. The molecule has 0 amide bonds. The van der Waals surface area contributed by atoms with E-state index in [1.807, 2.05) is 22.7 Å². The number of hydrogen-bond donors (Lipinski definition) is 0. The van der Waals surface area contributed by atoms with Gasteiger partial charge in [0.25, 0.3) is 0 Å². The largest absolute Gasteiger partial charge is 0.135 e. The molecule has 2 rings (SSSR count). The first kappa shape index (κ1) is 9.69. The van der Waals surface area contributed by atoms with E-state index >= 15 is 0 Å². The summed E-state index contributed by atoms with van der Waals surface area (Å²) in [7, 11) is 0. The van der Waals surface area contributed by atoms with Gasteiger partial charge in [-0.1, -0.05) is 13.2 Å². The van der Waals surface area contributed by atoms with Crippen molar-refractivity contribution in [3.63, 3.8) is 0 Å². The van der Waals surface area contributed by atoms with Gasteiger partial charge in [-0.2, -0.15) is 0 Å².